The van der Waals surface area contributed by atoms with Crippen molar-refractivity contribution >= 4 is 0 Å². The van der Waals surface area contributed by atoms with E-state index in [0.29, 0.717) is 0 Å². The summed E-state index contributed by atoms with van der Waals surface area (Å²) < 4.78 is 0. The highest BCUT2D eigenvalue weighted by Gasteiger charge is 2.24. The standard InChI is InChI=1S/C9H19N/c1-3-5-6-9-7-8(4-2)10-9/h8-10H,3-7H2,1-2H3. The SMILES string of the molecule is CCCCC1CC(CC)N1. The van der Waals surface area contributed by atoms with Crippen molar-refractivity contribution in [1.82, 2.24) is 5.32 Å². The highest BCUT2D eigenvalue weighted by Crippen LogP contribution is 2.18. The minimum absolute atomic E-state index is 0.849. The van der Waals surface area contributed by atoms with Crippen LogP contribution in [0.25, 0.3) is 0 Å². The van der Waals surface area contributed by atoms with Crippen molar-refractivity contribution in [3.63, 3.8) is 0 Å². The number of unbranched alkanes of at least 4 members (excludes halogenated alkanes) is 1. The number of rotatable bonds is 4. The molecule has 1 heteroatoms. The second-order valence-corrected chi connectivity index (χ2v) is 3.35. The van der Waals surface area contributed by atoms with Crippen LogP contribution in [0.2, 0.25) is 0 Å². The van der Waals surface area contributed by atoms with Gasteiger partial charge in [-0.1, -0.05) is 26.7 Å². The molecule has 0 bridgehead atoms. The topological polar surface area (TPSA) is 12.0 Å². The Morgan fingerprint density at radius 1 is 1.30 bits per heavy atom. The molecule has 2 atom stereocenters. The molecule has 0 saturated carbocycles. The lowest BCUT2D eigenvalue weighted by atomic mass is 9.91. The molecule has 0 spiro atoms. The molecule has 0 aromatic heterocycles. The fourth-order valence-electron chi connectivity index (χ4n) is 1.59. The third-order valence-corrected chi connectivity index (χ3v) is 2.44. The van der Waals surface area contributed by atoms with Crippen LogP contribution in [0, 0.1) is 0 Å². The first-order chi connectivity index (χ1) is 4.86. The molecule has 1 fully saturated rings. The van der Waals surface area contributed by atoms with Crippen molar-refractivity contribution in [3.8, 4) is 0 Å². The average molecular weight is 141 g/mol. The zero-order chi connectivity index (χ0) is 7.40. The first-order valence-electron chi connectivity index (χ1n) is 4.62. The molecule has 2 unspecified atom stereocenters. The molecule has 0 radical (unpaired) electrons. The number of hydrogen-bond acceptors (Lipinski definition) is 1. The highest BCUT2D eigenvalue weighted by atomic mass is 15.0. The number of nitrogens with one attached hydrogen (secondary N) is 1. The molecular weight excluding hydrogens is 122 g/mol. The van der Waals surface area contributed by atoms with Crippen LogP contribution in [0.1, 0.15) is 46.0 Å². The Morgan fingerprint density at radius 3 is 2.50 bits per heavy atom. The van der Waals surface area contributed by atoms with Gasteiger partial charge in [0.1, 0.15) is 0 Å². The molecule has 1 saturated heterocycles. The lowest BCUT2D eigenvalue weighted by Crippen LogP contribution is -2.51. The third-order valence-electron chi connectivity index (χ3n) is 2.44. The molecule has 0 aromatic carbocycles. The summed E-state index contributed by atoms with van der Waals surface area (Å²) in [6, 6.07) is 1.71. The van der Waals surface area contributed by atoms with Gasteiger partial charge in [0, 0.05) is 12.1 Å². The predicted octanol–water partition coefficient (Wildman–Crippen LogP) is 2.32. The Morgan fingerprint density at radius 2 is 2.00 bits per heavy atom. The van der Waals surface area contributed by atoms with Crippen molar-refractivity contribution in [1.29, 1.82) is 0 Å². The van der Waals surface area contributed by atoms with Gasteiger partial charge in [-0.25, -0.2) is 0 Å². The quantitative estimate of drug-likeness (QED) is 0.633. The first kappa shape index (κ1) is 8.06. The summed E-state index contributed by atoms with van der Waals surface area (Å²) in [5, 5.41) is 3.56. The van der Waals surface area contributed by atoms with Crippen molar-refractivity contribution < 1.29 is 0 Å². The summed E-state index contributed by atoms with van der Waals surface area (Å²) in [7, 11) is 0. The maximum atomic E-state index is 3.56. The van der Waals surface area contributed by atoms with Gasteiger partial charge in [0.05, 0.1) is 0 Å². The van der Waals surface area contributed by atoms with Gasteiger partial charge in [-0.2, -0.15) is 0 Å². The largest absolute Gasteiger partial charge is 0.311 e. The summed E-state index contributed by atoms with van der Waals surface area (Å²) in [6.07, 6.45) is 6.87. The van der Waals surface area contributed by atoms with Crippen molar-refractivity contribution in [2.45, 2.75) is 58.0 Å². The fourth-order valence-corrected chi connectivity index (χ4v) is 1.59. The molecule has 1 aliphatic rings. The summed E-state index contributed by atoms with van der Waals surface area (Å²) in [6.45, 7) is 4.52. The molecule has 1 rings (SSSR count). The van der Waals surface area contributed by atoms with Gasteiger partial charge < -0.3 is 5.32 Å². The molecule has 1 N–H and O–H groups in total. The lowest BCUT2D eigenvalue weighted by Gasteiger charge is -2.36. The molecule has 0 aliphatic carbocycles. The minimum Gasteiger partial charge on any atom is -0.311 e. The van der Waals surface area contributed by atoms with E-state index in [-0.39, 0.29) is 0 Å². The fraction of sp³-hybridized carbons (Fsp3) is 1.00. The smallest absolute Gasteiger partial charge is 0.00844 e. The summed E-state index contributed by atoms with van der Waals surface area (Å²) in [4.78, 5) is 0. The zero-order valence-corrected chi connectivity index (χ0v) is 7.19. The van der Waals surface area contributed by atoms with Crippen molar-refractivity contribution in [3.05, 3.63) is 0 Å². The zero-order valence-electron chi connectivity index (χ0n) is 7.19. The molecule has 1 heterocycles. The van der Waals surface area contributed by atoms with Gasteiger partial charge in [-0.05, 0) is 19.3 Å². The maximum absolute atomic E-state index is 3.56. The van der Waals surface area contributed by atoms with E-state index in [0.717, 1.165) is 12.1 Å². The van der Waals surface area contributed by atoms with Crippen molar-refractivity contribution in [2.24, 2.45) is 0 Å². The van der Waals surface area contributed by atoms with Crippen LogP contribution in [-0.4, -0.2) is 12.1 Å². The van der Waals surface area contributed by atoms with Crippen LogP contribution in [0.3, 0.4) is 0 Å². The van der Waals surface area contributed by atoms with Gasteiger partial charge in [0.15, 0.2) is 0 Å². The van der Waals surface area contributed by atoms with Crippen LogP contribution in [-0.2, 0) is 0 Å². The molecule has 10 heavy (non-hydrogen) atoms. The van der Waals surface area contributed by atoms with Crippen LogP contribution in [0.4, 0.5) is 0 Å². The van der Waals surface area contributed by atoms with Crippen LogP contribution >= 0.6 is 0 Å². The summed E-state index contributed by atoms with van der Waals surface area (Å²) >= 11 is 0. The molecule has 0 aromatic rings. The van der Waals surface area contributed by atoms with E-state index < -0.39 is 0 Å². The highest BCUT2D eigenvalue weighted by molar-refractivity contribution is 4.86. The average Bonchev–Trinajstić information content (AvgIpc) is 1.86. The Hall–Kier alpha value is -0.0400. The van der Waals surface area contributed by atoms with E-state index in [1.807, 2.05) is 0 Å². The van der Waals surface area contributed by atoms with Crippen LogP contribution in [0.15, 0.2) is 0 Å². The second-order valence-electron chi connectivity index (χ2n) is 3.35. The van der Waals surface area contributed by atoms with E-state index >= 15 is 0 Å². The summed E-state index contributed by atoms with van der Waals surface area (Å²) in [5.41, 5.74) is 0. The molecule has 1 aliphatic heterocycles. The normalized spacial score (nSPS) is 31.8. The van der Waals surface area contributed by atoms with Gasteiger partial charge in [-0.3, -0.25) is 0 Å². The lowest BCUT2D eigenvalue weighted by molar-refractivity contribution is 0.241. The Balaban J connectivity index is 1.93. The van der Waals surface area contributed by atoms with Crippen molar-refractivity contribution in [2.75, 3.05) is 0 Å². The monoisotopic (exact) mass is 141 g/mol. The van der Waals surface area contributed by atoms with E-state index in [1.54, 1.807) is 0 Å². The van der Waals surface area contributed by atoms with Gasteiger partial charge >= 0.3 is 0 Å². The predicted molar refractivity (Wildman–Crippen MR) is 45.1 cm³/mol. The van der Waals surface area contributed by atoms with E-state index in [1.165, 1.54) is 32.1 Å². The molecular formula is C9H19N. The molecule has 1 nitrogen and oxygen atoms in total. The van der Waals surface area contributed by atoms with Gasteiger partial charge in [0.25, 0.3) is 0 Å². The number of hydrogen-bond donors (Lipinski definition) is 1. The Kier molecular flexibility index (Phi) is 3.20. The Bertz CT molecular complexity index is 82.0. The van der Waals surface area contributed by atoms with Crippen LogP contribution in [0.5, 0.6) is 0 Å². The maximum Gasteiger partial charge on any atom is 0.00844 e. The third kappa shape index (κ3) is 1.98. The van der Waals surface area contributed by atoms with Gasteiger partial charge in [-0.15, -0.1) is 0 Å². The van der Waals surface area contributed by atoms with Crippen LogP contribution < -0.4 is 5.32 Å². The van der Waals surface area contributed by atoms with E-state index in [4.69, 9.17) is 0 Å². The first-order valence-corrected chi connectivity index (χ1v) is 4.62. The summed E-state index contributed by atoms with van der Waals surface area (Å²) in [5.74, 6) is 0. The molecule has 60 valence electrons. The minimum atomic E-state index is 0.849. The van der Waals surface area contributed by atoms with Gasteiger partial charge in [0.2, 0.25) is 0 Å². The van der Waals surface area contributed by atoms with E-state index in [9.17, 15) is 0 Å². The Labute approximate surface area is 64.2 Å². The van der Waals surface area contributed by atoms with E-state index in [2.05, 4.69) is 19.2 Å². The second kappa shape index (κ2) is 3.97. The molecule has 0 amide bonds.